The van der Waals surface area contributed by atoms with Crippen molar-refractivity contribution >= 4 is 11.6 Å². The van der Waals surface area contributed by atoms with E-state index in [1.54, 1.807) is 0 Å². The Hall–Kier alpha value is -1.25. The van der Waals surface area contributed by atoms with Gasteiger partial charge in [0.2, 0.25) is 0 Å². The summed E-state index contributed by atoms with van der Waals surface area (Å²) in [5, 5.41) is 3.84. The van der Waals surface area contributed by atoms with Crippen molar-refractivity contribution in [1.82, 2.24) is 5.32 Å². The minimum atomic E-state index is 0.205. The molecule has 1 N–H and O–H groups in total. The molecule has 0 saturated carbocycles. The largest absolute Gasteiger partial charge is 0.459 e. The Morgan fingerprint density at radius 3 is 2.62 bits per heavy atom. The monoisotopic (exact) mass is 235 g/mol. The average Bonchev–Trinajstić information content (AvgIpc) is 2.78. The molecule has 0 amide bonds. The molecule has 0 bridgehead atoms. The maximum atomic E-state index is 6.11. The van der Waals surface area contributed by atoms with Crippen LogP contribution in [0.3, 0.4) is 0 Å². The molecule has 0 radical (unpaired) electrons. The van der Waals surface area contributed by atoms with Gasteiger partial charge in [-0.3, -0.25) is 0 Å². The minimum Gasteiger partial charge on any atom is -0.459 e. The molecule has 1 aromatic heterocycles. The highest BCUT2D eigenvalue weighted by molar-refractivity contribution is 6.33. The number of furan rings is 1. The van der Waals surface area contributed by atoms with E-state index in [1.165, 1.54) is 0 Å². The molecular weight excluding hydrogens is 222 g/mol. The minimum absolute atomic E-state index is 0.205. The zero-order valence-electron chi connectivity index (χ0n) is 9.33. The van der Waals surface area contributed by atoms with Crippen LogP contribution >= 0.6 is 11.6 Å². The van der Waals surface area contributed by atoms with Gasteiger partial charge in [0.1, 0.15) is 11.5 Å². The summed E-state index contributed by atoms with van der Waals surface area (Å²) in [5.41, 5.74) is 0.929. The third-order valence-electron chi connectivity index (χ3n) is 2.63. The quantitative estimate of drug-likeness (QED) is 0.874. The average molecular weight is 236 g/mol. The van der Waals surface area contributed by atoms with Gasteiger partial charge in [0.15, 0.2) is 0 Å². The van der Waals surface area contributed by atoms with Crippen LogP contribution in [0.2, 0.25) is 5.02 Å². The lowest BCUT2D eigenvalue weighted by Gasteiger charge is -2.06. The Morgan fingerprint density at radius 2 is 1.94 bits per heavy atom. The second-order valence-electron chi connectivity index (χ2n) is 3.69. The summed E-state index contributed by atoms with van der Waals surface area (Å²) >= 11 is 6.11. The van der Waals surface area contributed by atoms with E-state index >= 15 is 0 Å². The van der Waals surface area contributed by atoms with Crippen molar-refractivity contribution in [3.63, 3.8) is 0 Å². The summed E-state index contributed by atoms with van der Waals surface area (Å²) in [6, 6.07) is 11.8. The first-order valence-corrected chi connectivity index (χ1v) is 5.62. The molecule has 1 unspecified atom stereocenters. The summed E-state index contributed by atoms with van der Waals surface area (Å²) in [6.07, 6.45) is 0. The van der Waals surface area contributed by atoms with Crippen molar-refractivity contribution in [3.8, 4) is 11.3 Å². The molecule has 2 nitrogen and oxygen atoms in total. The van der Waals surface area contributed by atoms with Gasteiger partial charge in [-0.15, -0.1) is 0 Å². The fraction of sp³-hybridized carbons (Fsp3) is 0.231. The van der Waals surface area contributed by atoms with Crippen LogP contribution in [0.1, 0.15) is 18.7 Å². The van der Waals surface area contributed by atoms with Gasteiger partial charge in [-0.2, -0.15) is 0 Å². The summed E-state index contributed by atoms with van der Waals surface area (Å²) < 4.78 is 5.76. The van der Waals surface area contributed by atoms with Gasteiger partial charge < -0.3 is 9.73 Å². The first-order valence-electron chi connectivity index (χ1n) is 5.24. The van der Waals surface area contributed by atoms with Gasteiger partial charge in [0.25, 0.3) is 0 Å². The van der Waals surface area contributed by atoms with Crippen LogP contribution in [0.5, 0.6) is 0 Å². The molecule has 0 aliphatic carbocycles. The van der Waals surface area contributed by atoms with Gasteiger partial charge in [0, 0.05) is 5.56 Å². The van der Waals surface area contributed by atoms with Crippen LogP contribution in [0.4, 0.5) is 0 Å². The molecule has 0 aliphatic rings. The SMILES string of the molecule is CNC(C)c1ccc(-c2ccccc2Cl)o1. The topological polar surface area (TPSA) is 25.2 Å². The summed E-state index contributed by atoms with van der Waals surface area (Å²) in [6.45, 7) is 2.05. The predicted octanol–water partition coefficient (Wildman–Crippen LogP) is 3.88. The Bertz CT molecular complexity index is 478. The highest BCUT2D eigenvalue weighted by Crippen LogP contribution is 2.30. The smallest absolute Gasteiger partial charge is 0.135 e. The van der Waals surface area contributed by atoms with E-state index < -0.39 is 0 Å². The fourth-order valence-electron chi connectivity index (χ4n) is 1.53. The van der Waals surface area contributed by atoms with Gasteiger partial charge in [-0.1, -0.05) is 23.7 Å². The zero-order chi connectivity index (χ0) is 11.5. The molecule has 1 aromatic carbocycles. The maximum Gasteiger partial charge on any atom is 0.135 e. The Balaban J connectivity index is 2.35. The highest BCUT2D eigenvalue weighted by Gasteiger charge is 2.11. The molecule has 16 heavy (non-hydrogen) atoms. The third-order valence-corrected chi connectivity index (χ3v) is 2.96. The Labute approximate surface area is 100 Å². The number of hydrogen-bond acceptors (Lipinski definition) is 2. The van der Waals surface area contributed by atoms with Crippen LogP contribution < -0.4 is 5.32 Å². The Morgan fingerprint density at radius 1 is 1.19 bits per heavy atom. The number of benzene rings is 1. The van der Waals surface area contributed by atoms with E-state index in [9.17, 15) is 0 Å². The zero-order valence-corrected chi connectivity index (χ0v) is 10.1. The predicted molar refractivity (Wildman–Crippen MR) is 66.6 cm³/mol. The lowest BCUT2D eigenvalue weighted by Crippen LogP contribution is -2.10. The number of halogens is 1. The fourth-order valence-corrected chi connectivity index (χ4v) is 1.76. The summed E-state index contributed by atoms with van der Waals surface area (Å²) in [7, 11) is 1.91. The second-order valence-corrected chi connectivity index (χ2v) is 4.10. The van der Waals surface area contributed by atoms with Gasteiger partial charge in [0.05, 0.1) is 11.1 Å². The summed E-state index contributed by atoms with van der Waals surface area (Å²) in [5.74, 6) is 1.72. The lowest BCUT2D eigenvalue weighted by atomic mass is 10.2. The number of nitrogens with one attached hydrogen (secondary N) is 1. The van der Waals surface area contributed by atoms with Crippen LogP contribution in [0.15, 0.2) is 40.8 Å². The Kier molecular flexibility index (Phi) is 3.32. The van der Waals surface area contributed by atoms with E-state index in [0.29, 0.717) is 5.02 Å². The number of hydrogen-bond donors (Lipinski definition) is 1. The van der Waals surface area contributed by atoms with E-state index in [4.69, 9.17) is 16.0 Å². The van der Waals surface area contributed by atoms with E-state index in [-0.39, 0.29) is 6.04 Å². The molecule has 1 atom stereocenters. The molecular formula is C13H14ClNO. The first kappa shape index (κ1) is 11.2. The standard InChI is InChI=1S/C13H14ClNO/c1-9(15-2)12-7-8-13(16-12)10-5-3-4-6-11(10)14/h3-9,15H,1-2H3. The molecule has 0 saturated heterocycles. The molecule has 0 spiro atoms. The molecule has 2 aromatic rings. The van der Waals surface area contributed by atoms with E-state index in [0.717, 1.165) is 17.1 Å². The van der Waals surface area contributed by atoms with Gasteiger partial charge >= 0.3 is 0 Å². The van der Waals surface area contributed by atoms with Crippen LogP contribution in [-0.4, -0.2) is 7.05 Å². The van der Waals surface area contributed by atoms with Gasteiger partial charge in [-0.25, -0.2) is 0 Å². The molecule has 0 fully saturated rings. The van der Waals surface area contributed by atoms with Crippen molar-refractivity contribution in [3.05, 3.63) is 47.2 Å². The van der Waals surface area contributed by atoms with Crippen molar-refractivity contribution in [2.45, 2.75) is 13.0 Å². The van der Waals surface area contributed by atoms with Crippen molar-refractivity contribution in [2.75, 3.05) is 7.05 Å². The lowest BCUT2D eigenvalue weighted by molar-refractivity contribution is 0.458. The van der Waals surface area contributed by atoms with Crippen molar-refractivity contribution in [1.29, 1.82) is 0 Å². The van der Waals surface area contributed by atoms with Crippen LogP contribution in [0, 0.1) is 0 Å². The van der Waals surface area contributed by atoms with Crippen LogP contribution in [0.25, 0.3) is 11.3 Å². The van der Waals surface area contributed by atoms with Crippen molar-refractivity contribution in [2.24, 2.45) is 0 Å². The highest BCUT2D eigenvalue weighted by atomic mass is 35.5. The molecule has 3 heteroatoms. The first-order chi connectivity index (χ1) is 7.72. The molecule has 1 heterocycles. The van der Waals surface area contributed by atoms with Crippen LogP contribution in [-0.2, 0) is 0 Å². The maximum absolute atomic E-state index is 6.11. The van der Waals surface area contributed by atoms with Crippen molar-refractivity contribution < 1.29 is 4.42 Å². The molecule has 0 aliphatic heterocycles. The third kappa shape index (κ3) is 2.13. The van der Waals surface area contributed by atoms with E-state index in [1.807, 2.05) is 43.4 Å². The molecule has 84 valence electrons. The summed E-state index contributed by atoms with van der Waals surface area (Å²) in [4.78, 5) is 0. The van der Waals surface area contributed by atoms with E-state index in [2.05, 4.69) is 12.2 Å². The number of rotatable bonds is 3. The molecule has 2 rings (SSSR count). The normalized spacial score (nSPS) is 12.7. The second kappa shape index (κ2) is 4.73. The van der Waals surface area contributed by atoms with Gasteiger partial charge in [-0.05, 0) is 38.2 Å².